The summed E-state index contributed by atoms with van der Waals surface area (Å²) in [6.07, 6.45) is 0. The van der Waals surface area contributed by atoms with E-state index in [1.54, 1.807) is 0 Å². The summed E-state index contributed by atoms with van der Waals surface area (Å²) in [5.41, 5.74) is 8.20. The number of hydrogen-bond donors (Lipinski definition) is 1. The second kappa shape index (κ2) is 6.75. The van der Waals surface area contributed by atoms with Crippen molar-refractivity contribution in [2.75, 3.05) is 5.75 Å². The molecule has 2 N–H and O–H groups in total. The first-order chi connectivity index (χ1) is 11.1. The largest absolute Gasteiger partial charge is 0.369 e. The molecule has 4 heteroatoms. The molecule has 0 saturated heterocycles. The summed E-state index contributed by atoms with van der Waals surface area (Å²) >= 11 is 0. The van der Waals surface area contributed by atoms with E-state index in [1.165, 1.54) is 5.39 Å². The monoisotopic (exact) mass is 323 g/mol. The van der Waals surface area contributed by atoms with Crippen LogP contribution in [-0.4, -0.2) is 15.9 Å². The van der Waals surface area contributed by atoms with Gasteiger partial charge < -0.3 is 5.73 Å². The number of benzene rings is 3. The van der Waals surface area contributed by atoms with Crippen LogP contribution in [0.4, 0.5) is 0 Å². The average Bonchev–Trinajstić information content (AvgIpc) is 2.54. The Balaban J connectivity index is 1.98. The Labute approximate surface area is 137 Å². The average molecular weight is 323 g/mol. The second-order valence-electron chi connectivity index (χ2n) is 5.41. The maximum atomic E-state index is 12.0. The molecule has 0 bridgehead atoms. The molecule has 0 fully saturated rings. The highest BCUT2D eigenvalue weighted by Gasteiger charge is 2.10. The Bertz CT molecular complexity index is 889. The summed E-state index contributed by atoms with van der Waals surface area (Å²) in [6.45, 7) is 0. The molecule has 0 radical (unpaired) electrons. The molecule has 0 aliphatic carbocycles. The number of hydrogen-bond acceptors (Lipinski definition) is 2. The lowest BCUT2D eigenvalue weighted by Crippen LogP contribution is -2.20. The van der Waals surface area contributed by atoms with Crippen LogP contribution in [0.5, 0.6) is 0 Å². The Morgan fingerprint density at radius 1 is 0.913 bits per heavy atom. The quantitative estimate of drug-likeness (QED) is 0.783. The van der Waals surface area contributed by atoms with Gasteiger partial charge in [0.1, 0.15) is 5.75 Å². The Morgan fingerprint density at radius 3 is 2.39 bits per heavy atom. The van der Waals surface area contributed by atoms with E-state index in [0.717, 1.165) is 22.1 Å². The van der Waals surface area contributed by atoms with Crippen molar-refractivity contribution in [2.45, 2.75) is 5.75 Å². The minimum Gasteiger partial charge on any atom is -0.369 e. The maximum Gasteiger partial charge on any atom is 0.230 e. The summed E-state index contributed by atoms with van der Waals surface area (Å²) < 4.78 is 12.0. The molecule has 3 aromatic rings. The van der Waals surface area contributed by atoms with Crippen molar-refractivity contribution in [3.05, 3.63) is 72.3 Å². The van der Waals surface area contributed by atoms with Gasteiger partial charge in [-0.1, -0.05) is 60.7 Å². The normalized spacial score (nSPS) is 12.2. The van der Waals surface area contributed by atoms with E-state index in [1.807, 2.05) is 36.4 Å². The van der Waals surface area contributed by atoms with E-state index < -0.39 is 16.7 Å². The van der Waals surface area contributed by atoms with Crippen LogP contribution in [-0.2, 0) is 21.3 Å². The molecule has 0 spiro atoms. The van der Waals surface area contributed by atoms with Crippen molar-refractivity contribution in [2.24, 2.45) is 5.73 Å². The third-order valence-corrected chi connectivity index (χ3v) is 4.94. The number of carbonyl (C=O) groups is 1. The first-order valence-corrected chi connectivity index (χ1v) is 8.82. The summed E-state index contributed by atoms with van der Waals surface area (Å²) in [6, 6.07) is 22.3. The van der Waals surface area contributed by atoms with E-state index in [0.29, 0.717) is 5.75 Å². The van der Waals surface area contributed by atoms with Gasteiger partial charge in [0.05, 0.1) is 0 Å². The molecule has 0 heterocycles. The van der Waals surface area contributed by atoms with Gasteiger partial charge in [-0.15, -0.1) is 0 Å². The lowest BCUT2D eigenvalue weighted by molar-refractivity contribution is -0.115. The summed E-state index contributed by atoms with van der Waals surface area (Å²) in [7, 11) is -1.29. The van der Waals surface area contributed by atoms with Gasteiger partial charge in [-0.05, 0) is 33.5 Å². The predicted octanol–water partition coefficient (Wildman–Crippen LogP) is 3.24. The van der Waals surface area contributed by atoms with E-state index in [4.69, 9.17) is 5.73 Å². The molecule has 0 saturated carbocycles. The maximum absolute atomic E-state index is 12.0. The fourth-order valence-corrected chi connectivity index (χ4v) is 3.69. The molecule has 0 aliphatic heterocycles. The molecule has 3 rings (SSSR count). The SMILES string of the molecule is NC(=O)C[S@@](=O)Cc1ccccc1-c1ccc2ccccc2c1. The zero-order valence-electron chi connectivity index (χ0n) is 12.6. The van der Waals surface area contributed by atoms with Gasteiger partial charge >= 0.3 is 0 Å². The summed E-state index contributed by atoms with van der Waals surface area (Å²) in [5, 5.41) is 2.35. The van der Waals surface area contributed by atoms with Crippen LogP contribution in [0, 0.1) is 0 Å². The van der Waals surface area contributed by atoms with E-state index in [2.05, 4.69) is 30.3 Å². The van der Waals surface area contributed by atoms with Gasteiger partial charge in [0, 0.05) is 16.6 Å². The number of fused-ring (bicyclic) bond motifs is 1. The first-order valence-electron chi connectivity index (χ1n) is 7.34. The predicted molar refractivity (Wildman–Crippen MR) is 95.3 cm³/mol. The lowest BCUT2D eigenvalue weighted by atomic mass is 9.98. The number of primary amides is 1. The number of nitrogens with two attached hydrogens (primary N) is 1. The molecule has 3 aromatic carbocycles. The van der Waals surface area contributed by atoms with E-state index in [-0.39, 0.29) is 5.75 Å². The van der Waals surface area contributed by atoms with Gasteiger partial charge in [0.25, 0.3) is 0 Å². The molecule has 3 nitrogen and oxygen atoms in total. The second-order valence-corrected chi connectivity index (χ2v) is 6.87. The van der Waals surface area contributed by atoms with Crippen molar-refractivity contribution in [3.63, 3.8) is 0 Å². The zero-order chi connectivity index (χ0) is 16.2. The highest BCUT2D eigenvalue weighted by molar-refractivity contribution is 7.84. The van der Waals surface area contributed by atoms with E-state index in [9.17, 15) is 9.00 Å². The van der Waals surface area contributed by atoms with Crippen LogP contribution >= 0.6 is 0 Å². The van der Waals surface area contributed by atoms with Crippen molar-refractivity contribution in [1.29, 1.82) is 0 Å². The summed E-state index contributed by atoms with van der Waals surface area (Å²) in [4.78, 5) is 10.9. The van der Waals surface area contributed by atoms with Crippen molar-refractivity contribution < 1.29 is 9.00 Å². The van der Waals surface area contributed by atoms with E-state index >= 15 is 0 Å². The fourth-order valence-electron chi connectivity index (χ4n) is 2.67. The lowest BCUT2D eigenvalue weighted by Gasteiger charge is -2.10. The number of rotatable bonds is 5. The molecule has 0 unspecified atom stereocenters. The van der Waals surface area contributed by atoms with Gasteiger partial charge in [-0.3, -0.25) is 9.00 Å². The van der Waals surface area contributed by atoms with Crippen LogP contribution in [0.2, 0.25) is 0 Å². The first kappa shape index (κ1) is 15.4. The molecule has 23 heavy (non-hydrogen) atoms. The Kier molecular flexibility index (Phi) is 4.53. The fraction of sp³-hybridized carbons (Fsp3) is 0.105. The molecule has 1 atom stereocenters. The van der Waals surface area contributed by atoms with Crippen LogP contribution in [0.25, 0.3) is 21.9 Å². The third kappa shape index (κ3) is 3.66. The van der Waals surface area contributed by atoms with Crippen molar-refractivity contribution in [1.82, 2.24) is 0 Å². The number of amides is 1. The summed E-state index contributed by atoms with van der Waals surface area (Å²) in [5.74, 6) is -0.315. The standard InChI is InChI=1S/C19H17NO2S/c20-19(21)13-23(22)12-17-7-3-4-8-18(17)16-10-9-14-5-1-2-6-15(14)11-16/h1-11H,12-13H2,(H2,20,21)/t23-/m0/s1. The van der Waals surface area contributed by atoms with Gasteiger partial charge in [-0.25, -0.2) is 0 Å². The van der Waals surface area contributed by atoms with Crippen LogP contribution in [0.1, 0.15) is 5.56 Å². The Hall–Kier alpha value is -2.46. The molecule has 0 aromatic heterocycles. The molecule has 116 valence electrons. The molecular weight excluding hydrogens is 306 g/mol. The topological polar surface area (TPSA) is 60.2 Å². The van der Waals surface area contributed by atoms with Gasteiger partial charge in [0.15, 0.2) is 0 Å². The number of carbonyl (C=O) groups excluding carboxylic acids is 1. The molecule has 0 aliphatic rings. The highest BCUT2D eigenvalue weighted by atomic mass is 32.2. The minimum absolute atomic E-state index is 0.105. The molecule has 1 amide bonds. The van der Waals surface area contributed by atoms with Gasteiger partial charge in [0.2, 0.25) is 5.91 Å². The van der Waals surface area contributed by atoms with Crippen molar-refractivity contribution >= 4 is 27.5 Å². The molecular formula is C19H17NO2S. The Morgan fingerprint density at radius 2 is 1.61 bits per heavy atom. The van der Waals surface area contributed by atoms with Crippen molar-refractivity contribution in [3.8, 4) is 11.1 Å². The zero-order valence-corrected chi connectivity index (χ0v) is 13.4. The highest BCUT2D eigenvalue weighted by Crippen LogP contribution is 2.28. The van der Waals surface area contributed by atoms with Crippen LogP contribution < -0.4 is 5.73 Å². The van der Waals surface area contributed by atoms with Gasteiger partial charge in [-0.2, -0.15) is 0 Å². The third-order valence-electron chi connectivity index (χ3n) is 3.70. The smallest absolute Gasteiger partial charge is 0.230 e. The minimum atomic E-state index is -1.29. The van der Waals surface area contributed by atoms with Crippen LogP contribution in [0.15, 0.2) is 66.7 Å². The van der Waals surface area contributed by atoms with Crippen LogP contribution in [0.3, 0.4) is 0 Å².